The van der Waals surface area contributed by atoms with E-state index in [1.165, 1.54) is 7.11 Å². The summed E-state index contributed by atoms with van der Waals surface area (Å²) < 4.78 is 7.23. The maximum atomic E-state index is 12.5. The number of nitrogens with zero attached hydrogens (tertiary/aromatic N) is 3. The molecule has 0 aliphatic carbocycles. The maximum Gasteiger partial charge on any atom is 0.326 e. The lowest BCUT2D eigenvalue weighted by Gasteiger charge is -2.19. The number of aromatic nitrogens is 1. The minimum absolute atomic E-state index is 0.128. The number of ketones is 1. The fourth-order valence-corrected chi connectivity index (χ4v) is 3.01. The molecule has 2 rings (SSSR count). The van der Waals surface area contributed by atoms with Crippen LogP contribution in [0.3, 0.4) is 0 Å². The Kier molecular flexibility index (Phi) is 7.20. The number of para-hydroxylation sites is 1. The Balaban J connectivity index is 2.09. The summed E-state index contributed by atoms with van der Waals surface area (Å²) in [5.41, 5.74) is 10.2. The molecule has 0 radical (unpaired) electrons. The second-order valence-corrected chi connectivity index (χ2v) is 6.36. The van der Waals surface area contributed by atoms with Crippen molar-refractivity contribution in [2.75, 3.05) is 7.11 Å². The highest BCUT2D eigenvalue weighted by Crippen LogP contribution is 2.22. The summed E-state index contributed by atoms with van der Waals surface area (Å²) in [5, 5.41) is 12.7. The Morgan fingerprint density at radius 3 is 2.71 bits per heavy atom. The number of hydrogen-bond donors (Lipinski definition) is 2. The van der Waals surface area contributed by atoms with Crippen molar-refractivity contribution in [3.05, 3.63) is 41.6 Å². The molecule has 9 nitrogen and oxygen atoms in total. The first-order chi connectivity index (χ1) is 13.4. The minimum atomic E-state index is -1.26. The molecular weight excluding hydrogens is 364 g/mol. The zero-order chi connectivity index (χ0) is 20.7. The number of rotatable bonds is 10. The number of aryl methyl sites for hydroxylation is 1. The van der Waals surface area contributed by atoms with Crippen LogP contribution in [-0.4, -0.2) is 57.6 Å². The SMILES string of the molecule is CO[C@H](Cc1cn(C)c2ccccc12)C(=O)N[C@@H](CCC(=O)C=[N+]=[N-])C(=O)O. The third kappa shape index (κ3) is 5.12. The molecule has 2 N–H and O–H groups in total. The second-order valence-electron chi connectivity index (χ2n) is 6.36. The summed E-state index contributed by atoms with van der Waals surface area (Å²) in [6.07, 6.45) is 1.68. The van der Waals surface area contributed by atoms with E-state index in [0.29, 0.717) is 6.21 Å². The molecule has 0 unspecified atom stereocenters. The summed E-state index contributed by atoms with van der Waals surface area (Å²) in [5.74, 6) is -2.38. The van der Waals surface area contributed by atoms with E-state index < -0.39 is 29.8 Å². The number of carboxylic acids is 1. The number of nitrogens with one attached hydrogen (secondary N) is 1. The monoisotopic (exact) mass is 386 g/mol. The first-order valence-corrected chi connectivity index (χ1v) is 8.66. The normalized spacial score (nSPS) is 12.8. The number of benzene rings is 1. The van der Waals surface area contributed by atoms with Gasteiger partial charge in [0.25, 0.3) is 0 Å². The lowest BCUT2D eigenvalue weighted by atomic mass is 10.0. The molecule has 1 aromatic heterocycles. The van der Waals surface area contributed by atoms with Gasteiger partial charge in [-0.15, -0.1) is 0 Å². The summed E-state index contributed by atoms with van der Waals surface area (Å²) in [4.78, 5) is 37.9. The van der Waals surface area contributed by atoms with Crippen molar-refractivity contribution < 1.29 is 29.0 Å². The second kappa shape index (κ2) is 9.59. The van der Waals surface area contributed by atoms with Crippen LogP contribution in [0.5, 0.6) is 0 Å². The Hall–Kier alpha value is -3.29. The van der Waals surface area contributed by atoms with E-state index in [1.807, 2.05) is 42.1 Å². The first-order valence-electron chi connectivity index (χ1n) is 8.66. The number of carboxylic acid groups (broad SMARTS) is 1. The molecule has 1 amide bonds. The average molecular weight is 386 g/mol. The van der Waals surface area contributed by atoms with Crippen molar-refractivity contribution in [3.8, 4) is 0 Å². The summed E-state index contributed by atoms with van der Waals surface area (Å²) in [7, 11) is 3.28. The third-order valence-corrected chi connectivity index (χ3v) is 4.46. The van der Waals surface area contributed by atoms with E-state index in [4.69, 9.17) is 10.3 Å². The Labute approximate surface area is 161 Å². The highest BCUT2D eigenvalue weighted by molar-refractivity contribution is 6.25. The lowest BCUT2D eigenvalue weighted by molar-refractivity contribution is -0.144. The van der Waals surface area contributed by atoms with Gasteiger partial charge in [-0.2, -0.15) is 4.79 Å². The lowest BCUT2D eigenvalue weighted by Crippen LogP contribution is -2.46. The number of carbonyl (C=O) groups excluding carboxylic acids is 2. The zero-order valence-corrected chi connectivity index (χ0v) is 15.7. The van der Waals surface area contributed by atoms with Gasteiger partial charge in [-0.25, -0.2) is 4.79 Å². The quantitative estimate of drug-likeness (QED) is 0.356. The highest BCUT2D eigenvalue weighted by atomic mass is 16.5. The van der Waals surface area contributed by atoms with Gasteiger partial charge in [0.2, 0.25) is 11.7 Å². The molecule has 0 spiro atoms. The fourth-order valence-electron chi connectivity index (χ4n) is 3.01. The predicted octanol–water partition coefficient (Wildman–Crippen LogP) is 0.955. The van der Waals surface area contributed by atoms with Crippen molar-refractivity contribution in [1.29, 1.82) is 0 Å². The molecule has 148 valence electrons. The van der Waals surface area contributed by atoms with Gasteiger partial charge in [0.15, 0.2) is 0 Å². The van der Waals surface area contributed by atoms with Gasteiger partial charge in [-0.1, -0.05) is 18.2 Å². The van der Waals surface area contributed by atoms with Gasteiger partial charge in [-0.3, -0.25) is 9.59 Å². The Bertz CT molecular complexity index is 930. The van der Waals surface area contributed by atoms with Gasteiger partial charge >= 0.3 is 12.2 Å². The van der Waals surface area contributed by atoms with Gasteiger partial charge in [0.05, 0.1) is 0 Å². The largest absolute Gasteiger partial charge is 0.480 e. The van der Waals surface area contributed by atoms with Crippen LogP contribution in [0.25, 0.3) is 16.4 Å². The summed E-state index contributed by atoms with van der Waals surface area (Å²) in [6.45, 7) is 0. The maximum absolute atomic E-state index is 12.5. The molecule has 1 aromatic carbocycles. The van der Waals surface area contributed by atoms with E-state index >= 15 is 0 Å². The number of methoxy groups -OCH3 is 1. The van der Waals surface area contributed by atoms with Crippen LogP contribution in [0, 0.1) is 0 Å². The fraction of sp³-hybridized carbons (Fsp3) is 0.368. The average Bonchev–Trinajstić information content (AvgIpc) is 2.99. The van der Waals surface area contributed by atoms with Crippen LogP contribution in [0.15, 0.2) is 30.5 Å². The minimum Gasteiger partial charge on any atom is -0.480 e. The van der Waals surface area contributed by atoms with Crippen LogP contribution in [0.4, 0.5) is 0 Å². The van der Waals surface area contributed by atoms with Crippen LogP contribution >= 0.6 is 0 Å². The molecule has 2 atom stereocenters. The number of hydrogen-bond acceptors (Lipinski definition) is 4. The number of Topliss-reactive ketones (excluding diaryl/α,β-unsaturated/α-hetero) is 1. The summed E-state index contributed by atoms with van der Waals surface area (Å²) >= 11 is 0. The van der Waals surface area contributed by atoms with Crippen molar-refractivity contribution in [3.63, 3.8) is 0 Å². The van der Waals surface area contributed by atoms with Crippen molar-refractivity contribution in [2.45, 2.75) is 31.4 Å². The number of ether oxygens (including phenoxy) is 1. The molecule has 28 heavy (non-hydrogen) atoms. The standard InChI is InChI=1S/C19H22N4O5/c1-23-11-12(14-5-3-4-6-16(14)23)9-17(28-2)18(25)22-15(19(26)27)8-7-13(24)10-21-20/h3-6,10-11,15,17H,7-9H2,1-2H3,(H,22,25)(H,26,27)/t15-,17+/m0/s1. The molecule has 0 saturated carbocycles. The topological polar surface area (TPSA) is 134 Å². The Morgan fingerprint density at radius 1 is 1.36 bits per heavy atom. The van der Waals surface area contributed by atoms with E-state index in [9.17, 15) is 19.5 Å². The molecule has 0 aliphatic rings. The number of fused-ring (bicyclic) bond motifs is 1. The highest BCUT2D eigenvalue weighted by Gasteiger charge is 2.27. The van der Waals surface area contributed by atoms with Crippen molar-refractivity contribution in [1.82, 2.24) is 9.88 Å². The smallest absolute Gasteiger partial charge is 0.326 e. The van der Waals surface area contributed by atoms with Crippen LogP contribution in [0.1, 0.15) is 18.4 Å². The van der Waals surface area contributed by atoms with Crippen molar-refractivity contribution in [2.24, 2.45) is 7.05 Å². The number of amides is 1. The van der Waals surface area contributed by atoms with E-state index in [2.05, 4.69) is 10.1 Å². The predicted molar refractivity (Wildman–Crippen MR) is 101 cm³/mol. The molecule has 0 fully saturated rings. The molecule has 0 aliphatic heterocycles. The molecule has 0 saturated heterocycles. The molecule has 9 heteroatoms. The van der Waals surface area contributed by atoms with Crippen LogP contribution in [-0.2, 0) is 32.6 Å². The molecule has 2 aromatic rings. The van der Waals surface area contributed by atoms with Crippen molar-refractivity contribution >= 4 is 34.8 Å². The number of aliphatic carboxylic acids is 1. The first kappa shape index (κ1) is 21.0. The molecule has 0 bridgehead atoms. The van der Waals surface area contributed by atoms with Gasteiger partial charge in [0, 0.05) is 44.1 Å². The third-order valence-electron chi connectivity index (χ3n) is 4.46. The number of carbonyl (C=O) groups is 3. The van der Waals surface area contributed by atoms with E-state index in [-0.39, 0.29) is 19.3 Å². The Morgan fingerprint density at radius 2 is 2.07 bits per heavy atom. The summed E-state index contributed by atoms with van der Waals surface area (Å²) in [6, 6.07) is 6.49. The molecular formula is C19H22N4O5. The van der Waals surface area contributed by atoms with Gasteiger partial charge in [0.1, 0.15) is 12.1 Å². The molecule has 1 heterocycles. The van der Waals surface area contributed by atoms with Crippen LogP contribution < -0.4 is 5.32 Å². The van der Waals surface area contributed by atoms with Gasteiger partial charge in [-0.05, 0) is 18.1 Å². The zero-order valence-electron chi connectivity index (χ0n) is 15.7. The van der Waals surface area contributed by atoms with Crippen LogP contribution in [0.2, 0.25) is 0 Å². The van der Waals surface area contributed by atoms with E-state index in [1.54, 1.807) is 0 Å². The van der Waals surface area contributed by atoms with Gasteiger partial charge < -0.3 is 25.3 Å². The van der Waals surface area contributed by atoms with E-state index in [0.717, 1.165) is 16.5 Å².